The Morgan fingerprint density at radius 3 is 0.865 bits per heavy atom. The van der Waals surface area contributed by atoms with Gasteiger partial charge in [-0.25, -0.2) is 0 Å². The molecular weight excluding hydrogens is 1250 g/mol. The first-order valence-electron chi connectivity index (χ1n) is 38.4. The first-order valence-corrected chi connectivity index (χ1v) is 38.4. The van der Waals surface area contributed by atoms with E-state index < -0.39 is 0 Å². The van der Waals surface area contributed by atoms with Crippen molar-refractivity contribution in [2.24, 2.45) is 0 Å². The van der Waals surface area contributed by atoms with Crippen molar-refractivity contribution in [3.63, 3.8) is 0 Å². The molecule has 0 unspecified atom stereocenters. The van der Waals surface area contributed by atoms with Crippen molar-refractivity contribution in [1.29, 1.82) is 0 Å². The molecule has 0 atom stereocenters. The van der Waals surface area contributed by atoms with Crippen LogP contribution >= 0.6 is 0 Å². The molecule has 0 heterocycles. The van der Waals surface area contributed by atoms with Crippen molar-refractivity contribution in [2.75, 3.05) is 9.80 Å². The number of hydrogen-bond donors (Lipinski definition) is 0. The Labute approximate surface area is 612 Å². The topological polar surface area (TPSA) is 6.48 Å². The van der Waals surface area contributed by atoms with E-state index in [0.717, 1.165) is 17.1 Å². The lowest BCUT2D eigenvalue weighted by Crippen LogP contribution is -2.15. The van der Waals surface area contributed by atoms with Crippen LogP contribution in [0.25, 0.3) is 110 Å². The summed E-state index contributed by atoms with van der Waals surface area (Å²) in [5.74, 6) is 0. The van der Waals surface area contributed by atoms with Gasteiger partial charge in [-0.05, 0) is 307 Å². The van der Waals surface area contributed by atoms with Crippen LogP contribution in [0.3, 0.4) is 0 Å². The summed E-state index contributed by atoms with van der Waals surface area (Å²) in [5.41, 5.74) is 36.7. The Balaban J connectivity index is 0.000000144. The van der Waals surface area contributed by atoms with Crippen LogP contribution in [0.5, 0.6) is 0 Å². The third-order valence-corrected chi connectivity index (χ3v) is 23.5. The Morgan fingerprint density at radius 1 is 0.163 bits per heavy atom. The molecule has 0 N–H and O–H groups in total. The zero-order chi connectivity index (χ0) is 68.9. The van der Waals surface area contributed by atoms with Crippen molar-refractivity contribution < 1.29 is 0 Å². The van der Waals surface area contributed by atoms with Crippen molar-refractivity contribution >= 4 is 77.2 Å². The Kier molecular flexibility index (Phi) is 16.8. The molecule has 2 heteroatoms. The molecule has 0 aliphatic heterocycles. The SMILES string of the molecule is c1ccc(-c2c3c(c(-c4ccc(-c5ccc(N(c6ccccc6)c6cccc7ccccc67)cc5)cc4)c4c2CCCC4)CCCC3)cc1.c1ccc(-c2ccc(N(c3ccc(-c4c5c(c(-c6ccccc6)c6c4CCCC6)CCCC5)cc3)c3ccc4ccc5cccc6ccc3c4c56)cc2)cc1. The molecule has 0 fully saturated rings. The van der Waals surface area contributed by atoms with E-state index in [-0.39, 0.29) is 0 Å². The summed E-state index contributed by atoms with van der Waals surface area (Å²) in [5, 5.41) is 10.3. The highest BCUT2D eigenvalue weighted by molar-refractivity contribution is 6.26. The fraction of sp³-hybridized carbons (Fsp3) is 0.157. The van der Waals surface area contributed by atoms with E-state index in [1.807, 2.05) is 0 Å². The van der Waals surface area contributed by atoms with Crippen molar-refractivity contribution in [1.82, 2.24) is 0 Å². The van der Waals surface area contributed by atoms with E-state index in [1.165, 1.54) is 213 Å². The molecule has 0 bridgehead atoms. The largest absolute Gasteiger partial charge is 0.310 e. The molecule has 16 aromatic carbocycles. The average Bonchev–Trinajstić information content (AvgIpc) is 0.745. The number of fused-ring (bicyclic) bond motifs is 5. The monoisotopic (exact) mass is 1340 g/mol. The molecule has 0 spiro atoms. The van der Waals surface area contributed by atoms with Gasteiger partial charge in [-0.15, -0.1) is 0 Å². The van der Waals surface area contributed by atoms with Gasteiger partial charge in [0, 0.05) is 33.5 Å². The van der Waals surface area contributed by atoms with Gasteiger partial charge in [0.2, 0.25) is 0 Å². The average molecular weight is 1340 g/mol. The summed E-state index contributed by atoms with van der Waals surface area (Å²) in [6, 6.07) is 117. The predicted octanol–water partition coefficient (Wildman–Crippen LogP) is 27.9. The second-order valence-corrected chi connectivity index (χ2v) is 29.4. The molecule has 4 aliphatic rings. The summed E-state index contributed by atoms with van der Waals surface area (Å²) >= 11 is 0. The van der Waals surface area contributed by atoms with Crippen LogP contribution < -0.4 is 9.80 Å². The smallest absolute Gasteiger partial charge is 0.0540 e. The second-order valence-electron chi connectivity index (χ2n) is 29.4. The molecule has 0 saturated heterocycles. The molecule has 0 amide bonds. The van der Waals surface area contributed by atoms with Gasteiger partial charge in [-0.1, -0.05) is 255 Å². The van der Waals surface area contributed by atoms with Gasteiger partial charge in [0.25, 0.3) is 0 Å². The number of anilines is 6. The summed E-state index contributed by atoms with van der Waals surface area (Å²) < 4.78 is 0. The Hall–Kier alpha value is -11.6. The fourth-order valence-corrected chi connectivity index (χ4v) is 18.8. The van der Waals surface area contributed by atoms with Crippen LogP contribution in [-0.4, -0.2) is 0 Å². The van der Waals surface area contributed by atoms with E-state index >= 15 is 0 Å². The molecule has 104 heavy (non-hydrogen) atoms. The molecule has 0 saturated carbocycles. The summed E-state index contributed by atoms with van der Waals surface area (Å²) in [7, 11) is 0. The lowest BCUT2D eigenvalue weighted by Gasteiger charge is -2.32. The van der Waals surface area contributed by atoms with Gasteiger partial charge in [-0.3, -0.25) is 0 Å². The van der Waals surface area contributed by atoms with Crippen LogP contribution in [-0.2, 0) is 51.4 Å². The lowest BCUT2D eigenvalue weighted by molar-refractivity contribution is 0.662. The van der Waals surface area contributed by atoms with E-state index in [1.54, 1.807) is 61.2 Å². The number of para-hydroxylation sites is 1. The third-order valence-electron chi connectivity index (χ3n) is 23.5. The Morgan fingerprint density at radius 2 is 0.433 bits per heavy atom. The van der Waals surface area contributed by atoms with Crippen molar-refractivity contribution in [2.45, 2.75) is 103 Å². The Bertz CT molecular complexity index is 5710. The number of hydrogen-bond acceptors (Lipinski definition) is 2. The number of nitrogens with zero attached hydrogens (tertiary/aromatic N) is 2. The minimum Gasteiger partial charge on any atom is -0.310 e. The van der Waals surface area contributed by atoms with E-state index in [0.29, 0.717) is 0 Å². The number of rotatable bonds is 12. The zero-order valence-electron chi connectivity index (χ0n) is 59.2. The standard InChI is InChI=1S/C54H43N.C48H41N/c1-3-12-36(13-4-1)37-24-30-43(31-25-37)55(50-35-29-42-23-22-39-16-11-17-40-28-34-49(50)54(42)51(39)40)44-32-26-41(27-33-44)53-47-20-9-7-18-45(47)52(38-14-5-2-6-15-38)46-19-8-10-21-48(46)53;1-3-15-37(16-4-1)47-42-21-9-11-23-44(42)48(45-24-12-10-22-43(45)47)38-28-26-34(27-29-38)35-30-32-40(33-31-35)49(39-18-5-2-6-19-39)46-25-13-17-36-14-7-8-20-41(36)46/h1-6,11-17,22-35H,7-10,18-21H2;1-8,13-20,25-33H,9-12,21-24H2. The number of benzene rings is 16. The lowest BCUT2D eigenvalue weighted by atomic mass is 9.73. The van der Waals surface area contributed by atoms with Crippen LogP contribution in [0.15, 0.2) is 315 Å². The molecule has 16 aromatic rings. The highest BCUT2D eigenvalue weighted by Crippen LogP contribution is 2.51. The van der Waals surface area contributed by atoms with Crippen LogP contribution in [0, 0.1) is 0 Å². The molecule has 20 rings (SSSR count). The maximum atomic E-state index is 2.48. The molecule has 502 valence electrons. The predicted molar refractivity (Wildman–Crippen MR) is 443 cm³/mol. The highest BCUT2D eigenvalue weighted by atomic mass is 15.1. The maximum Gasteiger partial charge on any atom is 0.0540 e. The summed E-state index contributed by atoms with van der Waals surface area (Å²) in [6.45, 7) is 0. The molecule has 0 radical (unpaired) electrons. The molecule has 4 aliphatic carbocycles. The van der Waals surface area contributed by atoms with Gasteiger partial charge in [-0.2, -0.15) is 0 Å². The van der Waals surface area contributed by atoms with Gasteiger partial charge in [0.1, 0.15) is 0 Å². The van der Waals surface area contributed by atoms with Crippen LogP contribution in [0.1, 0.15) is 95.9 Å². The normalized spacial score (nSPS) is 13.9. The summed E-state index contributed by atoms with van der Waals surface area (Å²) in [6.07, 6.45) is 19.7. The highest BCUT2D eigenvalue weighted by Gasteiger charge is 2.31. The van der Waals surface area contributed by atoms with Crippen molar-refractivity contribution in [3.05, 3.63) is 360 Å². The van der Waals surface area contributed by atoms with Crippen LogP contribution in [0.2, 0.25) is 0 Å². The molecule has 0 aromatic heterocycles. The van der Waals surface area contributed by atoms with Gasteiger partial charge < -0.3 is 9.80 Å². The van der Waals surface area contributed by atoms with Gasteiger partial charge in [0.15, 0.2) is 0 Å². The van der Waals surface area contributed by atoms with E-state index in [4.69, 9.17) is 0 Å². The quantitative estimate of drug-likeness (QED) is 0.113. The molecule has 2 nitrogen and oxygen atoms in total. The third kappa shape index (κ3) is 11.5. The van der Waals surface area contributed by atoms with Crippen molar-refractivity contribution in [3.8, 4) is 66.8 Å². The van der Waals surface area contributed by atoms with Gasteiger partial charge in [0.05, 0.1) is 11.4 Å². The van der Waals surface area contributed by atoms with Gasteiger partial charge >= 0.3 is 0 Å². The minimum absolute atomic E-state index is 1.15. The molecular formula is C102H84N2. The fourth-order valence-electron chi connectivity index (χ4n) is 18.8. The summed E-state index contributed by atoms with van der Waals surface area (Å²) in [4.78, 5) is 4.86. The van der Waals surface area contributed by atoms with E-state index in [9.17, 15) is 0 Å². The maximum absolute atomic E-state index is 2.48. The minimum atomic E-state index is 1.15. The first-order chi connectivity index (χ1) is 51.6. The van der Waals surface area contributed by atoms with Crippen LogP contribution in [0.4, 0.5) is 34.1 Å². The second kappa shape index (κ2) is 27.6. The first kappa shape index (κ1) is 63.4. The van der Waals surface area contributed by atoms with E-state index in [2.05, 4.69) is 325 Å². The zero-order valence-corrected chi connectivity index (χ0v) is 59.2.